The molecular weight excluding hydrogens is 277 g/mol. The van der Waals surface area contributed by atoms with Gasteiger partial charge in [0.05, 0.1) is 11.8 Å². The predicted octanol–water partition coefficient (Wildman–Crippen LogP) is 1.34. The second-order valence-electron chi connectivity index (χ2n) is 4.09. The summed E-state index contributed by atoms with van der Waals surface area (Å²) in [5.74, 6) is -1.43. The molecule has 2 rings (SSSR count). The summed E-state index contributed by atoms with van der Waals surface area (Å²) in [7, 11) is 0. The number of primary amides is 1. The number of aromatic nitrogens is 1. The minimum Gasteiger partial charge on any atom is -0.484 e. The first-order chi connectivity index (χ1) is 10.1. The molecule has 6 nitrogen and oxygen atoms in total. The number of hydrogen-bond acceptors (Lipinski definition) is 4. The van der Waals surface area contributed by atoms with Gasteiger partial charge in [-0.2, -0.15) is 0 Å². The van der Waals surface area contributed by atoms with Crippen molar-refractivity contribution in [2.45, 2.75) is 0 Å². The molecule has 1 aromatic heterocycles. The molecule has 0 spiro atoms. The van der Waals surface area contributed by atoms with Gasteiger partial charge in [0.2, 0.25) is 0 Å². The standard InChI is InChI=1S/C14H12FN3O3/c15-12-7-17-6-5-11(12)14(20)18-9-1-3-10(4-2-9)21-8-13(16)19/h1-7H,8H2,(H2,16,19)(H,18,20). The molecule has 1 heterocycles. The summed E-state index contributed by atoms with van der Waals surface area (Å²) in [6, 6.07) is 7.53. The molecule has 0 unspecified atom stereocenters. The molecule has 1 aromatic carbocycles. The Morgan fingerprint density at radius 3 is 2.57 bits per heavy atom. The fourth-order valence-corrected chi connectivity index (χ4v) is 1.55. The van der Waals surface area contributed by atoms with Crippen LogP contribution in [0.4, 0.5) is 10.1 Å². The van der Waals surface area contributed by atoms with Crippen LogP contribution in [0.25, 0.3) is 0 Å². The van der Waals surface area contributed by atoms with E-state index in [-0.39, 0.29) is 12.2 Å². The van der Waals surface area contributed by atoms with Gasteiger partial charge in [-0.05, 0) is 30.3 Å². The van der Waals surface area contributed by atoms with E-state index in [1.165, 1.54) is 12.3 Å². The summed E-state index contributed by atoms with van der Waals surface area (Å²) in [5.41, 5.74) is 5.32. The fraction of sp³-hybridized carbons (Fsp3) is 0.0714. The first kappa shape index (κ1) is 14.4. The summed E-state index contributed by atoms with van der Waals surface area (Å²) in [4.78, 5) is 26.0. The zero-order chi connectivity index (χ0) is 15.2. The number of halogens is 1. The lowest BCUT2D eigenvalue weighted by Gasteiger charge is -2.07. The predicted molar refractivity (Wildman–Crippen MR) is 73.3 cm³/mol. The SMILES string of the molecule is NC(=O)COc1ccc(NC(=O)c2ccncc2F)cc1. The number of pyridine rings is 1. The molecule has 0 fully saturated rings. The van der Waals surface area contributed by atoms with E-state index < -0.39 is 17.6 Å². The number of benzene rings is 1. The molecule has 0 radical (unpaired) electrons. The number of nitrogens with zero attached hydrogens (tertiary/aromatic N) is 1. The topological polar surface area (TPSA) is 94.3 Å². The van der Waals surface area contributed by atoms with Gasteiger partial charge in [0.25, 0.3) is 11.8 Å². The van der Waals surface area contributed by atoms with E-state index in [0.717, 1.165) is 6.20 Å². The number of ether oxygens (including phenoxy) is 1. The molecule has 0 aliphatic heterocycles. The van der Waals surface area contributed by atoms with Gasteiger partial charge in [-0.25, -0.2) is 4.39 Å². The maximum absolute atomic E-state index is 13.4. The van der Waals surface area contributed by atoms with E-state index in [9.17, 15) is 14.0 Å². The van der Waals surface area contributed by atoms with Gasteiger partial charge >= 0.3 is 0 Å². The van der Waals surface area contributed by atoms with Crippen molar-refractivity contribution in [1.29, 1.82) is 0 Å². The van der Waals surface area contributed by atoms with Crippen LogP contribution in [0.1, 0.15) is 10.4 Å². The molecule has 3 N–H and O–H groups in total. The monoisotopic (exact) mass is 289 g/mol. The normalized spacial score (nSPS) is 9.95. The van der Waals surface area contributed by atoms with Crippen LogP contribution in [0.2, 0.25) is 0 Å². The number of nitrogens with two attached hydrogens (primary N) is 1. The van der Waals surface area contributed by atoms with E-state index in [4.69, 9.17) is 10.5 Å². The molecule has 0 saturated heterocycles. The summed E-state index contributed by atoms with van der Waals surface area (Å²) < 4.78 is 18.5. The Morgan fingerprint density at radius 2 is 1.95 bits per heavy atom. The van der Waals surface area contributed by atoms with Crippen LogP contribution in [-0.4, -0.2) is 23.4 Å². The third kappa shape index (κ3) is 4.00. The third-order valence-corrected chi connectivity index (χ3v) is 2.51. The Kier molecular flexibility index (Phi) is 4.45. The minimum atomic E-state index is -0.698. The summed E-state index contributed by atoms with van der Waals surface area (Å²) >= 11 is 0. The molecule has 21 heavy (non-hydrogen) atoms. The lowest BCUT2D eigenvalue weighted by Crippen LogP contribution is -2.20. The van der Waals surface area contributed by atoms with Crippen molar-refractivity contribution in [1.82, 2.24) is 4.98 Å². The van der Waals surface area contributed by atoms with Crippen molar-refractivity contribution in [2.24, 2.45) is 5.73 Å². The van der Waals surface area contributed by atoms with Crippen LogP contribution >= 0.6 is 0 Å². The molecule has 0 aliphatic carbocycles. The van der Waals surface area contributed by atoms with Crippen LogP contribution in [-0.2, 0) is 4.79 Å². The maximum Gasteiger partial charge on any atom is 0.258 e. The number of amides is 2. The van der Waals surface area contributed by atoms with Gasteiger partial charge in [0, 0.05) is 11.9 Å². The quantitative estimate of drug-likeness (QED) is 0.868. The zero-order valence-corrected chi connectivity index (χ0v) is 10.9. The van der Waals surface area contributed by atoms with E-state index in [2.05, 4.69) is 10.3 Å². The van der Waals surface area contributed by atoms with Gasteiger partial charge in [-0.15, -0.1) is 0 Å². The first-order valence-corrected chi connectivity index (χ1v) is 5.98. The van der Waals surface area contributed by atoms with Crippen LogP contribution in [0.3, 0.4) is 0 Å². The first-order valence-electron chi connectivity index (χ1n) is 5.98. The van der Waals surface area contributed by atoms with Crippen LogP contribution in [0.5, 0.6) is 5.75 Å². The largest absolute Gasteiger partial charge is 0.484 e. The highest BCUT2D eigenvalue weighted by molar-refractivity contribution is 6.04. The highest BCUT2D eigenvalue weighted by Gasteiger charge is 2.11. The highest BCUT2D eigenvalue weighted by atomic mass is 19.1. The Balaban J connectivity index is 2.02. The Morgan fingerprint density at radius 1 is 1.24 bits per heavy atom. The minimum absolute atomic E-state index is 0.0981. The molecule has 0 aliphatic rings. The van der Waals surface area contributed by atoms with Gasteiger partial charge in [-0.1, -0.05) is 0 Å². The molecule has 7 heteroatoms. The number of anilines is 1. The molecule has 2 amide bonds. The lowest BCUT2D eigenvalue weighted by atomic mass is 10.2. The average molecular weight is 289 g/mol. The fourth-order valence-electron chi connectivity index (χ4n) is 1.55. The molecular formula is C14H12FN3O3. The van der Waals surface area contributed by atoms with Crippen molar-refractivity contribution in [3.8, 4) is 5.75 Å². The highest BCUT2D eigenvalue weighted by Crippen LogP contribution is 2.17. The van der Waals surface area contributed by atoms with Gasteiger partial charge in [0.1, 0.15) is 5.75 Å². The third-order valence-electron chi connectivity index (χ3n) is 2.51. The smallest absolute Gasteiger partial charge is 0.258 e. The van der Waals surface area contributed by atoms with Crippen LogP contribution in [0.15, 0.2) is 42.7 Å². The van der Waals surface area contributed by atoms with Crippen molar-refractivity contribution in [3.63, 3.8) is 0 Å². The lowest BCUT2D eigenvalue weighted by molar-refractivity contribution is -0.119. The van der Waals surface area contributed by atoms with Crippen LogP contribution < -0.4 is 15.8 Å². The molecule has 108 valence electrons. The van der Waals surface area contributed by atoms with Gasteiger partial charge < -0.3 is 15.8 Å². The number of carbonyl (C=O) groups excluding carboxylic acids is 2. The zero-order valence-electron chi connectivity index (χ0n) is 10.9. The number of nitrogens with one attached hydrogen (secondary N) is 1. The average Bonchev–Trinajstić information content (AvgIpc) is 2.47. The van der Waals surface area contributed by atoms with Gasteiger partial charge in [-0.3, -0.25) is 14.6 Å². The van der Waals surface area contributed by atoms with Crippen molar-refractivity contribution in [3.05, 3.63) is 54.1 Å². The molecule has 0 bridgehead atoms. The van der Waals surface area contributed by atoms with Crippen molar-refractivity contribution < 1.29 is 18.7 Å². The van der Waals surface area contributed by atoms with Crippen molar-refractivity contribution in [2.75, 3.05) is 11.9 Å². The molecule has 0 saturated carbocycles. The summed E-state index contributed by atoms with van der Waals surface area (Å²) in [5, 5.41) is 2.54. The summed E-state index contributed by atoms with van der Waals surface area (Å²) in [6.45, 7) is -0.228. The van der Waals surface area contributed by atoms with Gasteiger partial charge in [0.15, 0.2) is 12.4 Å². The number of rotatable bonds is 5. The maximum atomic E-state index is 13.4. The second-order valence-corrected chi connectivity index (χ2v) is 4.09. The number of hydrogen-bond donors (Lipinski definition) is 2. The summed E-state index contributed by atoms with van der Waals surface area (Å²) in [6.07, 6.45) is 2.30. The van der Waals surface area contributed by atoms with E-state index >= 15 is 0 Å². The van der Waals surface area contributed by atoms with Crippen molar-refractivity contribution >= 4 is 17.5 Å². The van der Waals surface area contributed by atoms with Crippen LogP contribution in [0, 0.1) is 5.82 Å². The Hall–Kier alpha value is -2.96. The van der Waals surface area contributed by atoms with E-state index in [1.807, 2.05) is 0 Å². The van der Waals surface area contributed by atoms with E-state index in [1.54, 1.807) is 24.3 Å². The Labute approximate surface area is 119 Å². The Bertz CT molecular complexity index is 659. The molecule has 0 atom stereocenters. The molecule has 2 aromatic rings. The number of carbonyl (C=O) groups is 2. The van der Waals surface area contributed by atoms with E-state index in [0.29, 0.717) is 11.4 Å². The second kappa shape index (κ2) is 6.47.